The van der Waals surface area contributed by atoms with Crippen molar-refractivity contribution in [3.8, 4) is 11.1 Å². The van der Waals surface area contributed by atoms with Crippen molar-refractivity contribution in [1.82, 2.24) is 0 Å². The maximum absolute atomic E-state index is 14.7. The summed E-state index contributed by atoms with van der Waals surface area (Å²) in [4.78, 5) is 26.7. The quantitative estimate of drug-likeness (QED) is 0.425. The van der Waals surface area contributed by atoms with Crippen molar-refractivity contribution in [3.63, 3.8) is 0 Å². The van der Waals surface area contributed by atoms with Gasteiger partial charge in [-0.15, -0.1) is 0 Å². The minimum atomic E-state index is -0.714. The smallest absolute Gasteiger partial charge is 0.151 e. The van der Waals surface area contributed by atoms with Gasteiger partial charge in [0.2, 0.25) is 0 Å². The van der Waals surface area contributed by atoms with Gasteiger partial charge >= 0.3 is 0 Å². The molecule has 0 amide bonds. The van der Waals surface area contributed by atoms with E-state index in [0.717, 1.165) is 30.4 Å². The highest BCUT2D eigenvalue weighted by molar-refractivity contribution is 6.42. The predicted molar refractivity (Wildman–Crippen MR) is 112 cm³/mol. The molecule has 0 aromatic heterocycles. The van der Waals surface area contributed by atoms with E-state index < -0.39 is 11.7 Å². The third-order valence-electron chi connectivity index (χ3n) is 7.33. The standard InChI is InChI=1S/C24H21Cl2FO2/c1-2-11-3-4-12(15-7-8-17(25)21(26)22(15)27)10-16(11)20-23(28)18-13-5-6-14(9-13)19(18)24(20)29/h3-4,7-8,10,13-14,18-20H,2,5-6,9H2,1H3. The summed E-state index contributed by atoms with van der Waals surface area (Å²) in [6, 6.07) is 8.67. The number of Topliss-reactive ketones (excluding diaryl/α,β-unsaturated/α-hetero) is 2. The number of carbonyl (C=O) groups excluding carboxylic acids is 2. The van der Waals surface area contributed by atoms with E-state index in [9.17, 15) is 14.0 Å². The summed E-state index contributed by atoms with van der Waals surface area (Å²) in [7, 11) is 0. The summed E-state index contributed by atoms with van der Waals surface area (Å²) in [6.07, 6.45) is 3.85. The molecule has 0 aliphatic heterocycles. The van der Waals surface area contributed by atoms with Crippen molar-refractivity contribution in [2.45, 2.75) is 38.5 Å². The molecule has 3 fully saturated rings. The van der Waals surface area contributed by atoms with Crippen LogP contribution in [0.4, 0.5) is 4.39 Å². The van der Waals surface area contributed by atoms with Crippen LogP contribution in [-0.4, -0.2) is 11.6 Å². The molecule has 4 unspecified atom stereocenters. The van der Waals surface area contributed by atoms with Crippen LogP contribution in [0.5, 0.6) is 0 Å². The van der Waals surface area contributed by atoms with Crippen molar-refractivity contribution in [1.29, 1.82) is 0 Å². The number of ketones is 2. The average Bonchev–Trinajstić information content (AvgIpc) is 3.40. The lowest BCUT2D eigenvalue weighted by atomic mass is 9.81. The van der Waals surface area contributed by atoms with Crippen LogP contribution in [0, 0.1) is 29.5 Å². The highest BCUT2D eigenvalue weighted by Gasteiger charge is 2.61. The molecule has 2 aromatic rings. The van der Waals surface area contributed by atoms with Crippen LogP contribution in [0.1, 0.15) is 43.2 Å². The molecular formula is C24H21Cl2FO2. The zero-order valence-electron chi connectivity index (χ0n) is 16.1. The number of halogens is 3. The molecule has 3 saturated carbocycles. The average molecular weight is 431 g/mol. The second-order valence-electron chi connectivity index (χ2n) is 8.61. The van der Waals surface area contributed by atoms with Crippen molar-refractivity contribution >= 4 is 34.8 Å². The highest BCUT2D eigenvalue weighted by Crippen LogP contribution is 2.59. The Hall–Kier alpha value is -1.71. The van der Waals surface area contributed by atoms with Gasteiger partial charge < -0.3 is 0 Å². The Labute approximate surface area is 179 Å². The fourth-order valence-corrected chi connectivity index (χ4v) is 6.35. The molecule has 2 aromatic carbocycles. The van der Waals surface area contributed by atoms with Gasteiger partial charge in [-0.2, -0.15) is 0 Å². The predicted octanol–water partition coefficient (Wildman–Crippen LogP) is 6.26. The van der Waals surface area contributed by atoms with E-state index in [1.165, 1.54) is 0 Å². The van der Waals surface area contributed by atoms with E-state index in [2.05, 4.69) is 0 Å². The molecule has 0 radical (unpaired) electrons. The van der Waals surface area contributed by atoms with Gasteiger partial charge in [0.25, 0.3) is 0 Å². The molecule has 150 valence electrons. The third-order valence-corrected chi connectivity index (χ3v) is 8.11. The zero-order valence-corrected chi connectivity index (χ0v) is 17.6. The summed E-state index contributed by atoms with van der Waals surface area (Å²) in [5.74, 6) is -0.632. The van der Waals surface area contributed by atoms with Crippen LogP contribution in [0.15, 0.2) is 30.3 Å². The van der Waals surface area contributed by atoms with Gasteiger partial charge in [-0.05, 0) is 72.4 Å². The van der Waals surface area contributed by atoms with Gasteiger partial charge in [-0.3, -0.25) is 9.59 Å². The molecule has 0 saturated heterocycles. The Morgan fingerprint density at radius 1 is 1.00 bits per heavy atom. The first-order valence-corrected chi connectivity index (χ1v) is 11.0. The van der Waals surface area contributed by atoms with Gasteiger partial charge in [0.1, 0.15) is 5.92 Å². The molecule has 4 atom stereocenters. The lowest BCUT2D eigenvalue weighted by Gasteiger charge is -2.21. The molecule has 29 heavy (non-hydrogen) atoms. The largest absolute Gasteiger partial charge is 0.298 e. The monoisotopic (exact) mass is 430 g/mol. The number of hydrogen-bond acceptors (Lipinski definition) is 2. The first kappa shape index (κ1) is 19.3. The summed E-state index contributed by atoms with van der Waals surface area (Å²) in [5, 5.41) is 0.0344. The third kappa shape index (κ3) is 2.74. The van der Waals surface area contributed by atoms with Crippen LogP contribution in [0.3, 0.4) is 0 Å². The Kier molecular flexibility index (Phi) is 4.60. The van der Waals surface area contributed by atoms with E-state index >= 15 is 0 Å². The lowest BCUT2D eigenvalue weighted by Crippen LogP contribution is -2.24. The Morgan fingerprint density at radius 2 is 1.66 bits per heavy atom. The van der Waals surface area contributed by atoms with Crippen molar-refractivity contribution in [3.05, 3.63) is 57.3 Å². The van der Waals surface area contributed by atoms with Crippen molar-refractivity contribution in [2.24, 2.45) is 23.7 Å². The number of fused-ring (bicyclic) bond motifs is 5. The fourth-order valence-electron chi connectivity index (χ4n) is 6.04. The molecule has 5 heteroatoms. The van der Waals surface area contributed by atoms with Gasteiger partial charge in [0, 0.05) is 17.4 Å². The molecule has 0 spiro atoms. The second-order valence-corrected chi connectivity index (χ2v) is 9.40. The fraction of sp³-hybridized carbons (Fsp3) is 0.417. The molecule has 0 N–H and O–H groups in total. The Bertz CT molecular complexity index is 1020. The summed E-state index contributed by atoms with van der Waals surface area (Å²) in [6.45, 7) is 2.01. The maximum Gasteiger partial charge on any atom is 0.151 e. The SMILES string of the molecule is CCc1ccc(-c2ccc(Cl)c(Cl)c2F)cc1C1C(=O)C2C3CCC(C3)C2C1=O. The Morgan fingerprint density at radius 3 is 2.28 bits per heavy atom. The molecule has 5 rings (SSSR count). The van der Waals surface area contributed by atoms with Crippen molar-refractivity contribution in [2.75, 3.05) is 0 Å². The van der Waals surface area contributed by atoms with E-state index in [1.54, 1.807) is 12.1 Å². The molecule has 2 bridgehead atoms. The van der Waals surface area contributed by atoms with Gasteiger partial charge in [0.15, 0.2) is 17.4 Å². The minimum absolute atomic E-state index is 0.0775. The Balaban J connectivity index is 1.61. The van der Waals surface area contributed by atoms with E-state index in [1.807, 2.05) is 25.1 Å². The number of carbonyl (C=O) groups is 2. The van der Waals surface area contributed by atoms with Crippen LogP contribution in [-0.2, 0) is 16.0 Å². The summed E-state index contributed by atoms with van der Waals surface area (Å²) < 4.78 is 14.7. The van der Waals surface area contributed by atoms with Crippen molar-refractivity contribution < 1.29 is 14.0 Å². The number of rotatable bonds is 3. The van der Waals surface area contributed by atoms with Crippen LogP contribution in [0.25, 0.3) is 11.1 Å². The van der Waals surface area contributed by atoms with Crippen LogP contribution < -0.4 is 0 Å². The number of benzene rings is 2. The lowest BCUT2D eigenvalue weighted by molar-refractivity contribution is -0.125. The first-order valence-electron chi connectivity index (χ1n) is 10.3. The topological polar surface area (TPSA) is 34.1 Å². The van der Waals surface area contributed by atoms with E-state index in [4.69, 9.17) is 23.2 Å². The molecule has 3 aliphatic rings. The normalized spacial score (nSPS) is 30.3. The molecule has 3 aliphatic carbocycles. The second kappa shape index (κ2) is 6.92. The van der Waals surface area contributed by atoms with Crippen LogP contribution in [0.2, 0.25) is 10.0 Å². The number of aryl methyl sites for hydroxylation is 1. The number of hydrogen-bond donors (Lipinski definition) is 0. The molecule has 0 heterocycles. The van der Waals surface area contributed by atoms with Gasteiger partial charge in [0.05, 0.1) is 10.0 Å². The first-order chi connectivity index (χ1) is 13.9. The van der Waals surface area contributed by atoms with E-state index in [-0.39, 0.29) is 33.4 Å². The van der Waals surface area contributed by atoms with Gasteiger partial charge in [-0.25, -0.2) is 4.39 Å². The minimum Gasteiger partial charge on any atom is -0.298 e. The maximum atomic E-state index is 14.7. The van der Waals surface area contributed by atoms with Gasteiger partial charge in [-0.1, -0.05) is 42.3 Å². The highest BCUT2D eigenvalue weighted by atomic mass is 35.5. The zero-order chi connectivity index (χ0) is 20.4. The van der Waals surface area contributed by atoms with Crippen LogP contribution >= 0.6 is 23.2 Å². The summed E-state index contributed by atoms with van der Waals surface area (Å²) in [5.41, 5.74) is 2.63. The molecule has 2 nitrogen and oxygen atoms in total. The molecular weight excluding hydrogens is 410 g/mol. The summed E-state index contributed by atoms with van der Waals surface area (Å²) >= 11 is 11.9. The van der Waals surface area contributed by atoms with E-state index in [0.29, 0.717) is 29.4 Å².